The molecule has 0 aliphatic heterocycles. The Bertz CT molecular complexity index is 939. The molecule has 0 heterocycles. The zero-order valence-corrected chi connectivity index (χ0v) is 33.5. The molecular formula is C41H76NO8P. The van der Waals surface area contributed by atoms with Crippen LogP contribution in [0, 0.1) is 0 Å². The van der Waals surface area contributed by atoms with E-state index in [-0.39, 0.29) is 32.6 Å². The second kappa shape index (κ2) is 38.0. The van der Waals surface area contributed by atoms with Gasteiger partial charge in [0.2, 0.25) is 0 Å². The van der Waals surface area contributed by atoms with Gasteiger partial charge in [0.1, 0.15) is 6.61 Å². The van der Waals surface area contributed by atoms with E-state index in [1.54, 1.807) is 0 Å². The summed E-state index contributed by atoms with van der Waals surface area (Å²) in [4.78, 5) is 34.8. The molecule has 9 nitrogen and oxygen atoms in total. The lowest BCUT2D eigenvalue weighted by atomic mass is 10.1. The first-order chi connectivity index (χ1) is 24.8. The average Bonchev–Trinajstić information content (AvgIpc) is 3.11. The van der Waals surface area contributed by atoms with Gasteiger partial charge in [-0.2, -0.15) is 0 Å². The molecule has 0 amide bonds. The fourth-order valence-electron chi connectivity index (χ4n) is 5.42. The minimum Gasteiger partial charge on any atom is -0.462 e. The van der Waals surface area contributed by atoms with Crippen LogP contribution in [0.3, 0.4) is 0 Å². The van der Waals surface area contributed by atoms with Crippen LogP contribution in [0.2, 0.25) is 0 Å². The van der Waals surface area contributed by atoms with E-state index in [0.717, 1.165) is 51.4 Å². The molecule has 0 bridgehead atoms. The van der Waals surface area contributed by atoms with Gasteiger partial charge < -0.3 is 20.1 Å². The van der Waals surface area contributed by atoms with Crippen LogP contribution >= 0.6 is 7.82 Å². The summed E-state index contributed by atoms with van der Waals surface area (Å²) < 4.78 is 32.7. The van der Waals surface area contributed by atoms with Crippen LogP contribution in [0.1, 0.15) is 181 Å². The van der Waals surface area contributed by atoms with Crippen LogP contribution in [0.5, 0.6) is 0 Å². The number of rotatable bonds is 38. The van der Waals surface area contributed by atoms with E-state index in [1.165, 1.54) is 89.9 Å². The Morgan fingerprint density at radius 1 is 0.588 bits per heavy atom. The molecule has 0 aliphatic carbocycles. The van der Waals surface area contributed by atoms with Crippen molar-refractivity contribution in [1.29, 1.82) is 0 Å². The van der Waals surface area contributed by atoms with Gasteiger partial charge in [-0.25, -0.2) is 4.57 Å². The predicted octanol–water partition coefficient (Wildman–Crippen LogP) is 11.4. The molecule has 298 valence electrons. The summed E-state index contributed by atoms with van der Waals surface area (Å²) >= 11 is 0. The SMILES string of the molecule is CCCCCC/C=C/CCCCCCCCCC(=O)O[C@H](COC(=O)CCCC/C=C/C/C=C/CCCCCCCC)COP(=O)(O)OCCN. The summed E-state index contributed by atoms with van der Waals surface area (Å²) in [6.45, 7) is 3.66. The third-order valence-corrected chi connectivity index (χ3v) is 9.48. The lowest BCUT2D eigenvalue weighted by Crippen LogP contribution is -2.29. The molecule has 2 atom stereocenters. The van der Waals surface area contributed by atoms with Gasteiger partial charge in [-0.15, -0.1) is 0 Å². The maximum atomic E-state index is 12.5. The number of carbonyl (C=O) groups excluding carboxylic acids is 2. The van der Waals surface area contributed by atoms with Crippen molar-refractivity contribution in [3.8, 4) is 0 Å². The molecule has 0 fully saturated rings. The van der Waals surface area contributed by atoms with Gasteiger partial charge in [-0.3, -0.25) is 18.6 Å². The molecule has 51 heavy (non-hydrogen) atoms. The van der Waals surface area contributed by atoms with E-state index in [4.69, 9.17) is 24.3 Å². The summed E-state index contributed by atoms with van der Waals surface area (Å²) in [6.07, 6.45) is 40.3. The largest absolute Gasteiger partial charge is 0.472 e. The number of ether oxygens (including phenoxy) is 2. The number of phosphoric acid groups is 1. The van der Waals surface area contributed by atoms with Gasteiger partial charge in [0.15, 0.2) is 6.10 Å². The zero-order chi connectivity index (χ0) is 37.5. The monoisotopic (exact) mass is 742 g/mol. The molecule has 0 aromatic heterocycles. The Labute approximate surface area is 312 Å². The van der Waals surface area contributed by atoms with Crippen LogP contribution in [0.4, 0.5) is 0 Å². The molecule has 10 heteroatoms. The van der Waals surface area contributed by atoms with Crippen molar-refractivity contribution in [2.75, 3.05) is 26.4 Å². The zero-order valence-electron chi connectivity index (χ0n) is 32.6. The molecule has 0 aromatic rings. The second-order valence-electron chi connectivity index (χ2n) is 13.5. The number of allylic oxidation sites excluding steroid dienone is 6. The van der Waals surface area contributed by atoms with Crippen LogP contribution in [0.25, 0.3) is 0 Å². The fraction of sp³-hybridized carbons (Fsp3) is 0.805. The molecule has 0 radical (unpaired) electrons. The highest BCUT2D eigenvalue weighted by molar-refractivity contribution is 7.47. The highest BCUT2D eigenvalue weighted by atomic mass is 31.2. The number of unbranched alkanes of at least 4 members (excludes halogenated alkanes) is 19. The third-order valence-electron chi connectivity index (χ3n) is 8.50. The lowest BCUT2D eigenvalue weighted by molar-refractivity contribution is -0.161. The number of phosphoric ester groups is 1. The molecule has 0 aliphatic rings. The Morgan fingerprint density at radius 3 is 1.57 bits per heavy atom. The normalized spacial score (nSPS) is 13.7. The van der Waals surface area contributed by atoms with E-state index in [0.29, 0.717) is 12.8 Å². The van der Waals surface area contributed by atoms with Crippen LogP contribution in [0.15, 0.2) is 36.5 Å². The highest BCUT2D eigenvalue weighted by Crippen LogP contribution is 2.43. The first-order valence-corrected chi connectivity index (χ1v) is 22.0. The van der Waals surface area contributed by atoms with Crippen LogP contribution in [-0.2, 0) is 32.7 Å². The Morgan fingerprint density at radius 2 is 1.02 bits per heavy atom. The first-order valence-electron chi connectivity index (χ1n) is 20.5. The average molecular weight is 742 g/mol. The Hall–Kier alpha value is -1.77. The third kappa shape index (κ3) is 37.8. The van der Waals surface area contributed by atoms with Crippen molar-refractivity contribution in [2.45, 2.75) is 187 Å². The summed E-state index contributed by atoms with van der Waals surface area (Å²) in [5, 5.41) is 0. The van der Waals surface area contributed by atoms with Gasteiger partial charge in [0, 0.05) is 19.4 Å². The number of hydrogen-bond acceptors (Lipinski definition) is 8. The fourth-order valence-corrected chi connectivity index (χ4v) is 6.19. The molecule has 0 saturated heterocycles. The van der Waals surface area contributed by atoms with Crippen molar-refractivity contribution in [1.82, 2.24) is 0 Å². The topological polar surface area (TPSA) is 134 Å². The van der Waals surface area contributed by atoms with Crippen LogP contribution < -0.4 is 5.73 Å². The van der Waals surface area contributed by atoms with Crippen molar-refractivity contribution in [2.24, 2.45) is 5.73 Å². The molecule has 0 rings (SSSR count). The van der Waals surface area contributed by atoms with Gasteiger partial charge in [0.25, 0.3) is 0 Å². The molecule has 3 N–H and O–H groups in total. The quantitative estimate of drug-likeness (QED) is 0.0274. The van der Waals surface area contributed by atoms with Gasteiger partial charge in [0.05, 0.1) is 13.2 Å². The van der Waals surface area contributed by atoms with E-state index in [1.807, 2.05) is 0 Å². The molecule has 0 saturated carbocycles. The maximum Gasteiger partial charge on any atom is 0.472 e. The number of nitrogens with two attached hydrogens (primary N) is 1. The predicted molar refractivity (Wildman–Crippen MR) is 210 cm³/mol. The molecule has 1 unspecified atom stereocenters. The van der Waals surface area contributed by atoms with Crippen molar-refractivity contribution >= 4 is 19.8 Å². The Balaban J connectivity index is 4.25. The van der Waals surface area contributed by atoms with E-state index in [2.05, 4.69) is 50.3 Å². The highest BCUT2D eigenvalue weighted by Gasteiger charge is 2.25. The maximum absolute atomic E-state index is 12.5. The molecule has 0 aromatic carbocycles. The minimum atomic E-state index is -4.38. The molecular weight excluding hydrogens is 665 g/mol. The van der Waals surface area contributed by atoms with Crippen molar-refractivity contribution in [3.63, 3.8) is 0 Å². The van der Waals surface area contributed by atoms with Gasteiger partial charge in [-0.05, 0) is 70.6 Å². The minimum absolute atomic E-state index is 0.0483. The summed E-state index contributed by atoms with van der Waals surface area (Å²) in [6, 6.07) is 0. The van der Waals surface area contributed by atoms with Crippen molar-refractivity contribution in [3.05, 3.63) is 36.5 Å². The second-order valence-corrected chi connectivity index (χ2v) is 14.9. The standard InChI is InChI=1S/C41H76NO8P/c1-3-5-7-9-11-13-15-17-19-21-23-25-27-29-31-33-40(43)47-37-39(38-49-51(45,46)48-36-35-42)50-41(44)34-32-30-28-26-24-22-20-18-16-14-12-10-8-6-4-2/h14,16-17,19,23,25,39H,3-13,15,18,20-22,24,26-38,42H2,1-2H3,(H,45,46)/b16-14+,19-17+,25-23+/t39-/m1/s1. The van der Waals surface area contributed by atoms with E-state index in [9.17, 15) is 19.0 Å². The number of hydrogen-bond donors (Lipinski definition) is 2. The van der Waals surface area contributed by atoms with Crippen LogP contribution in [-0.4, -0.2) is 49.3 Å². The number of carbonyl (C=O) groups is 2. The summed E-state index contributed by atoms with van der Waals surface area (Å²) in [5.41, 5.74) is 5.34. The van der Waals surface area contributed by atoms with Gasteiger partial charge in [-0.1, -0.05) is 134 Å². The summed E-state index contributed by atoms with van der Waals surface area (Å²) in [5.74, 6) is -0.872. The van der Waals surface area contributed by atoms with E-state index < -0.39 is 32.5 Å². The Kier molecular flexibility index (Phi) is 36.7. The van der Waals surface area contributed by atoms with Gasteiger partial charge >= 0.3 is 19.8 Å². The van der Waals surface area contributed by atoms with E-state index >= 15 is 0 Å². The van der Waals surface area contributed by atoms with Crippen molar-refractivity contribution < 1.29 is 37.6 Å². The number of esters is 2. The smallest absolute Gasteiger partial charge is 0.462 e. The summed E-state index contributed by atoms with van der Waals surface area (Å²) in [7, 11) is -4.38. The first kappa shape index (κ1) is 49.2. The lowest BCUT2D eigenvalue weighted by Gasteiger charge is -2.19. The molecule has 0 spiro atoms.